The van der Waals surface area contributed by atoms with E-state index in [9.17, 15) is 0 Å². The second kappa shape index (κ2) is 8.11. The number of rotatable bonds is 2. The summed E-state index contributed by atoms with van der Waals surface area (Å²) in [6.45, 7) is 2.05. The van der Waals surface area contributed by atoms with Crippen LogP contribution in [-0.2, 0) is 7.05 Å². The van der Waals surface area contributed by atoms with Crippen molar-refractivity contribution in [2.75, 3.05) is 0 Å². The fourth-order valence-corrected chi connectivity index (χ4v) is 3.08. The molecule has 2 nitrogen and oxygen atoms in total. The molecule has 2 radical (unpaired) electrons. The fraction of sp³-hybridized carbons (Fsp3) is 0.700. The molecule has 0 aliphatic heterocycles. The maximum atomic E-state index is 4.93. The molecule has 1 aromatic heterocycles. The Balaban J connectivity index is 0.000000386. The number of imidazole rings is 1. The quantitative estimate of drug-likeness (QED) is 0.721. The van der Waals surface area contributed by atoms with Crippen LogP contribution < -0.4 is 0 Å². The second-order valence-corrected chi connectivity index (χ2v) is 9.36. The molecular formula is C10H16Cl2N2SSn. The first-order valence-electron chi connectivity index (χ1n) is 5.30. The number of hydrogen-bond acceptors (Lipinski definition) is 2. The van der Waals surface area contributed by atoms with Crippen LogP contribution in [0.15, 0.2) is 11.2 Å². The first-order valence-corrected chi connectivity index (χ1v) is 13.4. The van der Waals surface area contributed by atoms with Gasteiger partial charge in [0.15, 0.2) is 0 Å². The molecule has 0 amide bonds. The summed E-state index contributed by atoms with van der Waals surface area (Å²) in [4.78, 5) is 4.30. The summed E-state index contributed by atoms with van der Waals surface area (Å²) in [5.41, 5.74) is 0. The van der Waals surface area contributed by atoms with Crippen molar-refractivity contribution in [2.24, 2.45) is 7.05 Å². The molecule has 1 saturated carbocycles. The van der Waals surface area contributed by atoms with E-state index in [0.717, 1.165) is 11.1 Å². The molecule has 0 spiro atoms. The molecule has 1 aromatic rings. The average Bonchev–Trinajstić information content (AvgIpc) is 2.85. The van der Waals surface area contributed by atoms with Crippen LogP contribution in [0.1, 0.15) is 31.5 Å². The van der Waals surface area contributed by atoms with Crippen molar-refractivity contribution in [1.29, 1.82) is 0 Å². The van der Waals surface area contributed by atoms with E-state index >= 15 is 0 Å². The van der Waals surface area contributed by atoms with Crippen LogP contribution in [0.2, 0.25) is 0 Å². The first-order chi connectivity index (χ1) is 7.69. The zero-order valence-electron chi connectivity index (χ0n) is 9.54. The van der Waals surface area contributed by atoms with Crippen LogP contribution in [0, 0.1) is 6.92 Å². The van der Waals surface area contributed by atoms with Gasteiger partial charge in [0.2, 0.25) is 0 Å². The molecule has 0 bridgehead atoms. The average molecular weight is 386 g/mol. The molecule has 6 heteroatoms. The van der Waals surface area contributed by atoms with E-state index in [2.05, 4.69) is 23.5 Å². The van der Waals surface area contributed by atoms with Crippen LogP contribution in [0.3, 0.4) is 0 Å². The third-order valence-corrected chi connectivity index (χ3v) is 4.19. The summed E-state index contributed by atoms with van der Waals surface area (Å²) >= 11 is 1.17. The molecule has 0 N–H and O–H groups in total. The summed E-state index contributed by atoms with van der Waals surface area (Å²) in [7, 11) is 12.0. The van der Waals surface area contributed by atoms with Crippen molar-refractivity contribution in [1.82, 2.24) is 9.55 Å². The molecule has 1 aliphatic carbocycles. The van der Waals surface area contributed by atoms with Gasteiger partial charge in [-0.3, -0.25) is 0 Å². The second-order valence-electron chi connectivity index (χ2n) is 3.80. The van der Waals surface area contributed by atoms with E-state index in [1.165, 1.54) is 30.7 Å². The topological polar surface area (TPSA) is 17.8 Å². The van der Waals surface area contributed by atoms with Gasteiger partial charge in [-0.1, -0.05) is 12.8 Å². The van der Waals surface area contributed by atoms with Crippen molar-refractivity contribution in [3.05, 3.63) is 12.0 Å². The Morgan fingerprint density at radius 2 is 2.00 bits per heavy atom. The van der Waals surface area contributed by atoms with Crippen molar-refractivity contribution in [3.8, 4) is 0 Å². The van der Waals surface area contributed by atoms with Gasteiger partial charge in [0.25, 0.3) is 0 Å². The molecule has 0 atom stereocenters. The normalized spacial score (nSPS) is 16.0. The van der Waals surface area contributed by atoms with Gasteiger partial charge in [-0.25, -0.2) is 4.98 Å². The number of hydrogen-bond donors (Lipinski definition) is 0. The van der Waals surface area contributed by atoms with Crippen LogP contribution in [0.4, 0.5) is 0 Å². The van der Waals surface area contributed by atoms with E-state index in [4.69, 9.17) is 17.8 Å². The molecule has 1 heterocycles. The minimum absolute atomic E-state index is 0.826. The summed E-state index contributed by atoms with van der Waals surface area (Å²) in [6.07, 6.45) is 7.59. The van der Waals surface area contributed by atoms with Crippen LogP contribution >= 0.6 is 29.6 Å². The molecule has 0 saturated heterocycles. The van der Waals surface area contributed by atoms with Crippen molar-refractivity contribution >= 4 is 48.5 Å². The van der Waals surface area contributed by atoms with Gasteiger partial charge in [-0.2, -0.15) is 0 Å². The number of thioether (sulfide) groups is 1. The van der Waals surface area contributed by atoms with E-state index in [0.29, 0.717) is 0 Å². The number of aryl methyl sites for hydroxylation is 1. The number of aromatic nitrogens is 2. The summed E-state index contributed by atoms with van der Waals surface area (Å²) in [5.74, 6) is 1.11. The number of halogens is 2. The fourth-order valence-electron chi connectivity index (χ4n) is 1.77. The maximum absolute atomic E-state index is 4.93. The van der Waals surface area contributed by atoms with Gasteiger partial charge in [0.05, 0.1) is 11.2 Å². The van der Waals surface area contributed by atoms with Gasteiger partial charge < -0.3 is 4.57 Å². The van der Waals surface area contributed by atoms with Gasteiger partial charge in [-0.15, -0.1) is 11.8 Å². The Bertz CT molecular complexity index is 314. The van der Waals surface area contributed by atoms with E-state index < -0.39 is 18.9 Å². The third-order valence-electron chi connectivity index (χ3n) is 2.77. The minimum atomic E-state index is -0.826. The predicted molar refractivity (Wildman–Crippen MR) is 73.5 cm³/mol. The Morgan fingerprint density at radius 1 is 1.44 bits per heavy atom. The van der Waals surface area contributed by atoms with Gasteiger partial charge in [0.1, 0.15) is 5.82 Å². The Hall–Kier alpha value is 0.939. The Labute approximate surface area is 119 Å². The van der Waals surface area contributed by atoms with Crippen molar-refractivity contribution in [3.63, 3.8) is 0 Å². The summed E-state index contributed by atoms with van der Waals surface area (Å²) in [5, 5.41) is 2.17. The molecular weight excluding hydrogens is 370 g/mol. The Kier molecular flexibility index (Phi) is 7.60. The third kappa shape index (κ3) is 4.67. The van der Waals surface area contributed by atoms with Gasteiger partial charge >= 0.3 is 36.7 Å². The molecule has 0 aromatic carbocycles. The molecule has 1 aliphatic rings. The van der Waals surface area contributed by atoms with Crippen molar-refractivity contribution in [2.45, 2.75) is 42.9 Å². The molecule has 2 rings (SSSR count). The van der Waals surface area contributed by atoms with Crippen molar-refractivity contribution < 1.29 is 0 Å². The standard InChI is InChI=1S/C10H16N2S.2ClH.Sn/c1-8-11-7-10(12(8)2)13-9-5-3-4-6-9;;;/h7,9H,3-6H2,1-2H3;2*1H;/q;;;+2/p-2. The van der Waals surface area contributed by atoms with Crippen LogP contribution in [0.5, 0.6) is 0 Å². The van der Waals surface area contributed by atoms with Crippen LogP contribution in [-0.4, -0.2) is 33.7 Å². The zero-order valence-corrected chi connectivity index (χ0v) is 14.7. The van der Waals surface area contributed by atoms with Crippen LogP contribution in [0.25, 0.3) is 0 Å². The predicted octanol–water partition coefficient (Wildman–Crippen LogP) is 3.76. The zero-order chi connectivity index (χ0) is 12.0. The molecule has 90 valence electrons. The Morgan fingerprint density at radius 3 is 2.44 bits per heavy atom. The molecule has 0 unspecified atom stereocenters. The summed E-state index contributed by atoms with van der Waals surface area (Å²) < 4.78 is 2.18. The first kappa shape index (κ1) is 15.0. The van der Waals surface area contributed by atoms with E-state index in [1.54, 1.807) is 0 Å². The number of nitrogens with zero attached hydrogens (tertiary/aromatic N) is 2. The SMILES string of the molecule is Cc1ncc(SC2CCCC2)n1C.[Cl][Sn][Cl]. The van der Waals surface area contributed by atoms with Gasteiger partial charge in [-0.05, 0) is 19.8 Å². The summed E-state index contributed by atoms with van der Waals surface area (Å²) in [6, 6.07) is 0. The van der Waals surface area contributed by atoms with Gasteiger partial charge in [0, 0.05) is 12.3 Å². The monoisotopic (exact) mass is 386 g/mol. The molecule has 1 fully saturated rings. The van der Waals surface area contributed by atoms with E-state index in [-0.39, 0.29) is 0 Å². The molecule has 16 heavy (non-hydrogen) atoms. The van der Waals surface area contributed by atoms with E-state index in [1.807, 2.05) is 18.0 Å².